The highest BCUT2D eigenvalue weighted by Gasteiger charge is 2.04. The van der Waals surface area contributed by atoms with Crippen LogP contribution >= 0.6 is 27.7 Å². The summed E-state index contributed by atoms with van der Waals surface area (Å²) in [7, 11) is 0. The SMILES string of the molecule is CSCCCCCCNc1ncnc(N)c1Br. The van der Waals surface area contributed by atoms with E-state index in [1.807, 2.05) is 11.8 Å². The number of aromatic nitrogens is 2. The molecule has 0 fully saturated rings. The second-order valence-corrected chi connectivity index (χ2v) is 5.53. The number of hydrogen-bond donors (Lipinski definition) is 2. The Labute approximate surface area is 115 Å². The molecule has 1 aromatic rings. The maximum absolute atomic E-state index is 5.67. The summed E-state index contributed by atoms with van der Waals surface area (Å²) in [6.45, 7) is 0.925. The molecule has 3 N–H and O–H groups in total. The Hall–Kier alpha value is -0.490. The molecule has 1 heterocycles. The summed E-state index contributed by atoms with van der Waals surface area (Å²) < 4.78 is 0.752. The highest BCUT2D eigenvalue weighted by molar-refractivity contribution is 9.10. The quantitative estimate of drug-likeness (QED) is 0.721. The average molecular weight is 319 g/mol. The van der Waals surface area contributed by atoms with Crippen LogP contribution in [0.3, 0.4) is 0 Å². The first kappa shape index (κ1) is 14.6. The molecule has 0 spiro atoms. The predicted octanol–water partition coefficient (Wildman–Crippen LogP) is 3.16. The molecule has 0 saturated carbocycles. The molecule has 0 radical (unpaired) electrons. The van der Waals surface area contributed by atoms with Gasteiger partial charge in [-0.15, -0.1) is 0 Å². The number of nitrogens with two attached hydrogens (primary N) is 1. The fourth-order valence-electron chi connectivity index (χ4n) is 1.44. The van der Waals surface area contributed by atoms with Gasteiger partial charge in [0, 0.05) is 6.54 Å². The lowest BCUT2D eigenvalue weighted by molar-refractivity contribution is 0.688. The van der Waals surface area contributed by atoms with E-state index in [9.17, 15) is 0 Å². The van der Waals surface area contributed by atoms with Crippen LogP contribution in [-0.2, 0) is 0 Å². The second-order valence-electron chi connectivity index (χ2n) is 3.76. The lowest BCUT2D eigenvalue weighted by Gasteiger charge is -2.07. The minimum absolute atomic E-state index is 0.475. The molecule has 0 bridgehead atoms. The van der Waals surface area contributed by atoms with Crippen LogP contribution in [0.25, 0.3) is 0 Å². The summed E-state index contributed by atoms with van der Waals surface area (Å²) in [6.07, 6.45) is 8.65. The van der Waals surface area contributed by atoms with Gasteiger partial charge in [0.2, 0.25) is 0 Å². The molecule has 17 heavy (non-hydrogen) atoms. The van der Waals surface area contributed by atoms with Gasteiger partial charge in [0.25, 0.3) is 0 Å². The number of rotatable bonds is 8. The fourth-order valence-corrected chi connectivity index (χ4v) is 2.28. The number of unbranched alkanes of at least 4 members (excludes halogenated alkanes) is 3. The van der Waals surface area contributed by atoms with Crippen LogP contribution in [0.2, 0.25) is 0 Å². The summed E-state index contributed by atoms with van der Waals surface area (Å²) in [5.74, 6) is 2.52. The van der Waals surface area contributed by atoms with Crippen molar-refractivity contribution in [3.63, 3.8) is 0 Å². The van der Waals surface area contributed by atoms with Crippen molar-refractivity contribution in [1.82, 2.24) is 9.97 Å². The third-order valence-electron chi connectivity index (χ3n) is 2.38. The number of hydrogen-bond acceptors (Lipinski definition) is 5. The van der Waals surface area contributed by atoms with Gasteiger partial charge in [0.1, 0.15) is 22.4 Å². The normalized spacial score (nSPS) is 10.5. The smallest absolute Gasteiger partial charge is 0.145 e. The molecule has 1 aromatic heterocycles. The van der Waals surface area contributed by atoms with Gasteiger partial charge >= 0.3 is 0 Å². The third kappa shape index (κ3) is 5.59. The van der Waals surface area contributed by atoms with Gasteiger partial charge in [-0.25, -0.2) is 9.97 Å². The van der Waals surface area contributed by atoms with E-state index in [1.54, 1.807) is 0 Å². The predicted molar refractivity (Wildman–Crippen MR) is 79.5 cm³/mol. The highest BCUT2D eigenvalue weighted by Crippen LogP contribution is 2.23. The van der Waals surface area contributed by atoms with E-state index in [0.29, 0.717) is 5.82 Å². The molecule has 0 unspecified atom stereocenters. The van der Waals surface area contributed by atoms with Crippen LogP contribution in [0.15, 0.2) is 10.8 Å². The number of nitrogens with zero attached hydrogens (tertiary/aromatic N) is 2. The zero-order valence-electron chi connectivity index (χ0n) is 10.1. The van der Waals surface area contributed by atoms with E-state index < -0.39 is 0 Å². The van der Waals surface area contributed by atoms with Gasteiger partial charge in [0.05, 0.1) is 0 Å². The van der Waals surface area contributed by atoms with Crippen LogP contribution in [0.4, 0.5) is 11.6 Å². The third-order valence-corrected chi connectivity index (χ3v) is 3.86. The highest BCUT2D eigenvalue weighted by atomic mass is 79.9. The Morgan fingerprint density at radius 3 is 2.82 bits per heavy atom. The Bertz CT molecular complexity index is 335. The molecule has 0 atom stereocenters. The van der Waals surface area contributed by atoms with Crippen molar-refractivity contribution in [2.75, 3.05) is 29.6 Å². The molecule has 1 rings (SSSR count). The summed E-state index contributed by atoms with van der Waals surface area (Å²) in [4.78, 5) is 8.03. The van der Waals surface area contributed by atoms with E-state index >= 15 is 0 Å². The standard InChI is InChI=1S/C11H19BrN4S/c1-17-7-5-3-2-4-6-14-11-9(12)10(13)15-8-16-11/h8H,2-7H2,1H3,(H3,13,14,15,16). The van der Waals surface area contributed by atoms with Gasteiger partial charge in [-0.1, -0.05) is 12.8 Å². The molecule has 0 aliphatic carbocycles. The lowest BCUT2D eigenvalue weighted by Crippen LogP contribution is -2.06. The summed E-state index contributed by atoms with van der Waals surface area (Å²) in [6, 6.07) is 0. The molecule has 0 amide bonds. The van der Waals surface area contributed by atoms with Gasteiger partial charge in [-0.05, 0) is 40.8 Å². The molecular formula is C11H19BrN4S. The number of anilines is 2. The van der Waals surface area contributed by atoms with Crippen LogP contribution in [0.5, 0.6) is 0 Å². The van der Waals surface area contributed by atoms with Crippen molar-refractivity contribution in [2.45, 2.75) is 25.7 Å². The molecule has 0 aliphatic rings. The van der Waals surface area contributed by atoms with Crippen molar-refractivity contribution < 1.29 is 0 Å². The van der Waals surface area contributed by atoms with E-state index in [0.717, 1.165) is 23.3 Å². The maximum atomic E-state index is 5.67. The topological polar surface area (TPSA) is 63.8 Å². The van der Waals surface area contributed by atoms with Gasteiger partial charge in [-0.3, -0.25) is 0 Å². The monoisotopic (exact) mass is 318 g/mol. The van der Waals surface area contributed by atoms with Crippen molar-refractivity contribution in [3.05, 3.63) is 10.8 Å². The van der Waals surface area contributed by atoms with Crippen LogP contribution in [0.1, 0.15) is 25.7 Å². The molecular weight excluding hydrogens is 300 g/mol. The van der Waals surface area contributed by atoms with E-state index in [4.69, 9.17) is 5.73 Å². The van der Waals surface area contributed by atoms with Gasteiger partial charge in [0.15, 0.2) is 0 Å². The Kier molecular flexibility index (Phi) is 7.35. The van der Waals surface area contributed by atoms with E-state index in [2.05, 4.69) is 37.5 Å². The largest absolute Gasteiger partial charge is 0.383 e. The summed E-state index contributed by atoms with van der Waals surface area (Å²) >= 11 is 5.28. The maximum Gasteiger partial charge on any atom is 0.145 e. The lowest BCUT2D eigenvalue weighted by atomic mass is 10.2. The minimum atomic E-state index is 0.475. The summed E-state index contributed by atoms with van der Waals surface area (Å²) in [5.41, 5.74) is 5.67. The first-order valence-corrected chi connectivity index (χ1v) is 7.93. The zero-order valence-corrected chi connectivity index (χ0v) is 12.5. The first-order valence-electron chi connectivity index (χ1n) is 5.74. The molecule has 6 heteroatoms. The minimum Gasteiger partial charge on any atom is -0.383 e. The van der Waals surface area contributed by atoms with Crippen LogP contribution in [-0.4, -0.2) is 28.5 Å². The second kappa shape index (κ2) is 8.58. The van der Waals surface area contributed by atoms with Crippen molar-refractivity contribution in [3.8, 4) is 0 Å². The number of nitrogen functional groups attached to an aromatic ring is 1. The Balaban J connectivity index is 2.16. The fraction of sp³-hybridized carbons (Fsp3) is 0.636. The molecule has 4 nitrogen and oxygen atoms in total. The van der Waals surface area contributed by atoms with Gasteiger partial charge < -0.3 is 11.1 Å². The van der Waals surface area contributed by atoms with Crippen molar-refractivity contribution in [1.29, 1.82) is 0 Å². The van der Waals surface area contributed by atoms with Gasteiger partial charge in [-0.2, -0.15) is 11.8 Å². The molecule has 0 aromatic carbocycles. The molecule has 0 aliphatic heterocycles. The van der Waals surface area contributed by atoms with Crippen molar-refractivity contribution in [2.24, 2.45) is 0 Å². The molecule has 96 valence electrons. The number of thioether (sulfide) groups is 1. The van der Waals surface area contributed by atoms with Crippen LogP contribution < -0.4 is 11.1 Å². The Morgan fingerprint density at radius 1 is 1.29 bits per heavy atom. The van der Waals surface area contributed by atoms with Crippen molar-refractivity contribution >= 4 is 39.3 Å². The summed E-state index contributed by atoms with van der Waals surface area (Å²) in [5, 5.41) is 3.26. The van der Waals surface area contributed by atoms with Crippen LogP contribution in [0, 0.1) is 0 Å². The first-order chi connectivity index (χ1) is 8.25. The average Bonchev–Trinajstić information content (AvgIpc) is 2.33. The van der Waals surface area contributed by atoms with E-state index in [1.165, 1.54) is 31.3 Å². The van der Waals surface area contributed by atoms with E-state index in [-0.39, 0.29) is 0 Å². The number of halogens is 1. The number of nitrogens with one attached hydrogen (secondary N) is 1. The Morgan fingerprint density at radius 2 is 2.06 bits per heavy atom. The zero-order chi connectivity index (χ0) is 12.5. The molecule has 0 saturated heterocycles.